The van der Waals surface area contributed by atoms with E-state index in [2.05, 4.69) is 5.32 Å². The molecule has 2 bridgehead atoms. The zero-order chi connectivity index (χ0) is 12.6. The van der Waals surface area contributed by atoms with Crippen molar-refractivity contribution >= 4 is 12.1 Å². The Morgan fingerprint density at radius 2 is 2.18 bits per heavy atom. The van der Waals surface area contributed by atoms with Crippen LogP contribution in [0.15, 0.2) is 12.2 Å². The summed E-state index contributed by atoms with van der Waals surface area (Å²) in [5, 5.41) is 2.68. The van der Waals surface area contributed by atoms with E-state index in [-0.39, 0.29) is 24.0 Å². The van der Waals surface area contributed by atoms with Gasteiger partial charge in [0.1, 0.15) is 11.7 Å². The highest BCUT2D eigenvalue weighted by Gasteiger charge is 2.41. The maximum absolute atomic E-state index is 11.6. The summed E-state index contributed by atoms with van der Waals surface area (Å²) < 4.78 is 10.2. The fourth-order valence-corrected chi connectivity index (χ4v) is 2.01. The number of fused-ring (bicyclic) bond motifs is 2. The molecule has 1 N–H and O–H groups in total. The van der Waals surface area contributed by atoms with Crippen LogP contribution in [-0.4, -0.2) is 29.8 Å². The van der Waals surface area contributed by atoms with Gasteiger partial charge in [0.2, 0.25) is 0 Å². The van der Waals surface area contributed by atoms with Crippen molar-refractivity contribution in [3.63, 3.8) is 0 Å². The lowest BCUT2D eigenvalue weighted by atomic mass is 9.91. The molecule has 3 unspecified atom stereocenters. The Kier molecular flexibility index (Phi) is 2.85. The van der Waals surface area contributed by atoms with E-state index in [1.807, 2.05) is 6.08 Å². The Bertz CT molecular complexity index is 369. The third-order valence-electron chi connectivity index (χ3n) is 2.71. The highest BCUT2D eigenvalue weighted by atomic mass is 16.6. The average Bonchev–Trinajstić information content (AvgIpc) is 2.45. The molecule has 0 aromatic rings. The summed E-state index contributed by atoms with van der Waals surface area (Å²) in [5.74, 6) is -0.529. The number of carbonyl (C=O) groups excluding carboxylic acids is 2. The van der Waals surface area contributed by atoms with Crippen LogP contribution in [0, 0.1) is 5.92 Å². The van der Waals surface area contributed by atoms with Crippen LogP contribution in [0.2, 0.25) is 0 Å². The van der Waals surface area contributed by atoms with Gasteiger partial charge in [-0.3, -0.25) is 4.79 Å². The Balaban J connectivity index is 1.95. The van der Waals surface area contributed by atoms with Gasteiger partial charge in [0.15, 0.2) is 0 Å². The summed E-state index contributed by atoms with van der Waals surface area (Å²) >= 11 is 0. The Morgan fingerprint density at radius 1 is 1.47 bits per heavy atom. The first-order valence-electron chi connectivity index (χ1n) is 5.73. The molecule has 1 heterocycles. The summed E-state index contributed by atoms with van der Waals surface area (Å²) in [4.78, 5) is 23.1. The van der Waals surface area contributed by atoms with Crippen molar-refractivity contribution in [3.05, 3.63) is 12.2 Å². The largest absolute Gasteiger partial charge is 0.458 e. The fourth-order valence-electron chi connectivity index (χ4n) is 2.01. The minimum absolute atomic E-state index is 0.121. The van der Waals surface area contributed by atoms with Crippen molar-refractivity contribution in [2.75, 3.05) is 0 Å². The molecule has 0 aromatic heterocycles. The van der Waals surface area contributed by atoms with E-state index in [1.165, 1.54) is 0 Å². The predicted molar refractivity (Wildman–Crippen MR) is 60.3 cm³/mol. The van der Waals surface area contributed by atoms with Crippen LogP contribution in [0.5, 0.6) is 0 Å². The zero-order valence-corrected chi connectivity index (χ0v) is 10.2. The lowest BCUT2D eigenvalue weighted by molar-refractivity contribution is -0.142. The summed E-state index contributed by atoms with van der Waals surface area (Å²) in [6.07, 6.45) is 3.61. The fraction of sp³-hybridized carbons (Fsp3) is 0.667. The van der Waals surface area contributed by atoms with Crippen LogP contribution in [0.4, 0.5) is 4.79 Å². The molecule has 1 aliphatic heterocycles. The number of amides is 1. The highest BCUT2D eigenvalue weighted by molar-refractivity contribution is 5.78. The molecule has 5 heteroatoms. The van der Waals surface area contributed by atoms with Crippen LogP contribution < -0.4 is 5.32 Å². The van der Waals surface area contributed by atoms with E-state index in [1.54, 1.807) is 26.8 Å². The number of carbonyl (C=O) groups is 2. The quantitative estimate of drug-likeness (QED) is 0.554. The van der Waals surface area contributed by atoms with Gasteiger partial charge in [-0.25, -0.2) is 4.79 Å². The first kappa shape index (κ1) is 12.0. The summed E-state index contributed by atoms with van der Waals surface area (Å²) in [5.41, 5.74) is -0.540. The molecule has 3 atom stereocenters. The number of hydrogen-bond donors (Lipinski definition) is 1. The standard InChI is InChI=1S/C12H17NO4/c1-12(2,3)17-11(15)13-9-5-4-7-6-8(9)10(14)16-7/h4-5,7-9H,6H2,1-3H3,(H,13,15). The van der Waals surface area contributed by atoms with Gasteiger partial charge in [0.05, 0.1) is 12.0 Å². The minimum Gasteiger partial charge on any atom is -0.458 e. The Hall–Kier alpha value is -1.52. The van der Waals surface area contributed by atoms with E-state index in [9.17, 15) is 9.59 Å². The highest BCUT2D eigenvalue weighted by Crippen LogP contribution is 2.30. The van der Waals surface area contributed by atoms with Crippen LogP contribution in [0.3, 0.4) is 0 Å². The first-order chi connectivity index (χ1) is 7.85. The number of alkyl carbamates (subject to hydrolysis) is 1. The average molecular weight is 239 g/mol. The van der Waals surface area contributed by atoms with Crippen molar-refractivity contribution in [3.8, 4) is 0 Å². The molecule has 2 aliphatic rings. The second kappa shape index (κ2) is 4.05. The van der Waals surface area contributed by atoms with Gasteiger partial charge >= 0.3 is 12.1 Å². The number of hydrogen-bond acceptors (Lipinski definition) is 4. The maximum Gasteiger partial charge on any atom is 0.408 e. The van der Waals surface area contributed by atoms with E-state index < -0.39 is 11.7 Å². The topological polar surface area (TPSA) is 64.6 Å². The monoisotopic (exact) mass is 239 g/mol. The molecule has 0 saturated carbocycles. The van der Waals surface area contributed by atoms with E-state index >= 15 is 0 Å². The molecule has 0 radical (unpaired) electrons. The van der Waals surface area contributed by atoms with Gasteiger partial charge in [-0.05, 0) is 26.8 Å². The minimum atomic E-state index is -0.540. The molecule has 2 rings (SSSR count). The third kappa shape index (κ3) is 2.78. The van der Waals surface area contributed by atoms with Crippen molar-refractivity contribution in [1.29, 1.82) is 0 Å². The van der Waals surface area contributed by atoms with Crippen molar-refractivity contribution in [1.82, 2.24) is 5.32 Å². The normalized spacial score (nSPS) is 31.0. The second-order valence-electron chi connectivity index (χ2n) is 5.37. The van der Waals surface area contributed by atoms with Crippen LogP contribution >= 0.6 is 0 Å². The van der Waals surface area contributed by atoms with Gasteiger partial charge in [0, 0.05) is 6.42 Å². The maximum atomic E-state index is 11.6. The van der Waals surface area contributed by atoms with Crippen molar-refractivity contribution in [2.45, 2.75) is 44.9 Å². The molecule has 1 fully saturated rings. The van der Waals surface area contributed by atoms with Crippen molar-refractivity contribution < 1.29 is 19.1 Å². The van der Waals surface area contributed by atoms with Gasteiger partial charge in [-0.2, -0.15) is 0 Å². The van der Waals surface area contributed by atoms with Crippen LogP contribution in [0.25, 0.3) is 0 Å². The van der Waals surface area contributed by atoms with Crippen LogP contribution in [0.1, 0.15) is 27.2 Å². The molecule has 94 valence electrons. The number of nitrogens with one attached hydrogen (secondary N) is 1. The van der Waals surface area contributed by atoms with E-state index in [0.29, 0.717) is 6.42 Å². The van der Waals surface area contributed by atoms with Gasteiger partial charge < -0.3 is 14.8 Å². The Morgan fingerprint density at radius 3 is 2.82 bits per heavy atom. The predicted octanol–water partition coefficient (Wildman–Crippen LogP) is 1.38. The number of ether oxygens (including phenoxy) is 2. The molecule has 1 saturated heterocycles. The molecule has 1 amide bonds. The summed E-state index contributed by atoms with van der Waals surface area (Å²) in [6, 6.07) is -0.323. The number of rotatable bonds is 1. The number of esters is 1. The van der Waals surface area contributed by atoms with Gasteiger partial charge in [0.25, 0.3) is 0 Å². The second-order valence-corrected chi connectivity index (χ2v) is 5.37. The third-order valence-corrected chi connectivity index (χ3v) is 2.71. The molecule has 17 heavy (non-hydrogen) atoms. The van der Waals surface area contributed by atoms with E-state index in [4.69, 9.17) is 9.47 Å². The molecular formula is C12H17NO4. The Labute approximate surface area is 100 Å². The molecule has 0 aromatic carbocycles. The van der Waals surface area contributed by atoms with Gasteiger partial charge in [-0.15, -0.1) is 0 Å². The molecule has 1 aliphatic carbocycles. The SMILES string of the molecule is CC(C)(C)OC(=O)NC1C=CC2CC1C(=O)O2. The summed E-state index contributed by atoms with van der Waals surface area (Å²) in [7, 11) is 0. The molecule has 0 spiro atoms. The molecular weight excluding hydrogens is 222 g/mol. The van der Waals surface area contributed by atoms with Crippen molar-refractivity contribution in [2.24, 2.45) is 5.92 Å². The smallest absolute Gasteiger partial charge is 0.408 e. The lowest BCUT2D eigenvalue weighted by Gasteiger charge is -2.24. The van der Waals surface area contributed by atoms with E-state index in [0.717, 1.165) is 0 Å². The van der Waals surface area contributed by atoms with Gasteiger partial charge in [-0.1, -0.05) is 6.08 Å². The lowest BCUT2D eigenvalue weighted by Crippen LogP contribution is -2.43. The summed E-state index contributed by atoms with van der Waals surface area (Å²) in [6.45, 7) is 5.38. The molecule has 5 nitrogen and oxygen atoms in total. The van der Waals surface area contributed by atoms with Crippen LogP contribution in [-0.2, 0) is 14.3 Å². The zero-order valence-electron chi connectivity index (χ0n) is 10.2. The first-order valence-corrected chi connectivity index (χ1v) is 5.73.